The topological polar surface area (TPSA) is 24.5 Å². The Morgan fingerprint density at radius 3 is 2.85 bits per heavy atom. The van der Waals surface area contributed by atoms with E-state index in [1.165, 1.54) is 58.0 Å². The van der Waals surface area contributed by atoms with Crippen LogP contribution in [0, 0.1) is 5.92 Å². The molecule has 0 bridgehead atoms. The Kier molecular flexibility index (Phi) is 4.68. The lowest BCUT2D eigenvalue weighted by Crippen LogP contribution is -2.55. The first-order valence-corrected chi connectivity index (χ1v) is 8.85. The zero-order valence-corrected chi connectivity index (χ0v) is 13.4. The maximum atomic E-state index is 6.51. The van der Waals surface area contributed by atoms with Gasteiger partial charge in [0.25, 0.3) is 0 Å². The fourth-order valence-corrected chi connectivity index (χ4v) is 4.50. The Bertz CT molecular complexity index is 314. The second kappa shape index (κ2) is 6.33. The van der Waals surface area contributed by atoms with Crippen LogP contribution < -0.4 is 5.32 Å². The van der Waals surface area contributed by atoms with Crippen molar-refractivity contribution in [3.8, 4) is 0 Å². The van der Waals surface area contributed by atoms with E-state index in [4.69, 9.17) is 4.74 Å². The Morgan fingerprint density at radius 1 is 1.30 bits per heavy atom. The summed E-state index contributed by atoms with van der Waals surface area (Å²) in [4.78, 5) is 2.71. The van der Waals surface area contributed by atoms with Gasteiger partial charge in [-0.25, -0.2) is 0 Å². The average Bonchev–Trinajstić information content (AvgIpc) is 3.09. The Labute approximate surface area is 124 Å². The van der Waals surface area contributed by atoms with Gasteiger partial charge in [0.05, 0.1) is 11.7 Å². The van der Waals surface area contributed by atoms with E-state index in [-0.39, 0.29) is 0 Å². The summed E-state index contributed by atoms with van der Waals surface area (Å²) < 4.78 is 6.51. The van der Waals surface area contributed by atoms with Crippen LogP contribution in [0.5, 0.6) is 0 Å². The molecule has 1 saturated carbocycles. The monoisotopic (exact) mass is 280 g/mol. The van der Waals surface area contributed by atoms with Crippen molar-refractivity contribution >= 4 is 0 Å². The summed E-state index contributed by atoms with van der Waals surface area (Å²) in [5.74, 6) is 0.782. The van der Waals surface area contributed by atoms with Gasteiger partial charge in [-0.15, -0.1) is 0 Å². The number of nitrogens with zero attached hydrogens (tertiary/aromatic N) is 1. The highest BCUT2D eigenvalue weighted by Gasteiger charge is 2.43. The Balaban J connectivity index is 1.56. The van der Waals surface area contributed by atoms with Crippen molar-refractivity contribution < 1.29 is 4.74 Å². The molecule has 3 nitrogen and oxygen atoms in total. The van der Waals surface area contributed by atoms with Crippen LogP contribution >= 0.6 is 0 Å². The van der Waals surface area contributed by atoms with E-state index >= 15 is 0 Å². The molecule has 1 N–H and O–H groups in total. The first kappa shape index (κ1) is 14.8. The van der Waals surface area contributed by atoms with Gasteiger partial charge in [-0.3, -0.25) is 4.90 Å². The summed E-state index contributed by atoms with van der Waals surface area (Å²) in [7, 11) is 0. The lowest BCUT2D eigenvalue weighted by atomic mass is 9.95. The van der Waals surface area contributed by atoms with Gasteiger partial charge in [-0.1, -0.05) is 33.1 Å². The summed E-state index contributed by atoms with van der Waals surface area (Å²) in [5, 5.41) is 3.57. The molecule has 3 heteroatoms. The minimum absolute atomic E-state index is 0.296. The number of ether oxygens (including phenoxy) is 1. The lowest BCUT2D eigenvalue weighted by molar-refractivity contribution is -0.0558. The molecule has 0 radical (unpaired) electrons. The number of hydrogen-bond acceptors (Lipinski definition) is 3. The fraction of sp³-hybridized carbons (Fsp3) is 1.00. The third-order valence-electron chi connectivity index (χ3n) is 5.99. The van der Waals surface area contributed by atoms with Gasteiger partial charge >= 0.3 is 0 Å². The van der Waals surface area contributed by atoms with Crippen LogP contribution in [-0.4, -0.2) is 48.8 Å². The highest BCUT2D eigenvalue weighted by molar-refractivity contribution is 4.94. The van der Waals surface area contributed by atoms with Crippen molar-refractivity contribution in [2.75, 3.05) is 26.2 Å². The highest BCUT2D eigenvalue weighted by atomic mass is 16.5. The van der Waals surface area contributed by atoms with Gasteiger partial charge in [0, 0.05) is 32.2 Å². The minimum atomic E-state index is 0.296. The predicted octanol–water partition coefficient (Wildman–Crippen LogP) is 2.80. The molecule has 3 aliphatic rings. The maximum Gasteiger partial charge on any atom is 0.0710 e. The summed E-state index contributed by atoms with van der Waals surface area (Å²) in [6.45, 7) is 9.38. The molecule has 2 saturated heterocycles. The molecule has 0 aromatic carbocycles. The van der Waals surface area contributed by atoms with Crippen molar-refractivity contribution in [2.24, 2.45) is 5.92 Å². The molecule has 2 aliphatic heterocycles. The van der Waals surface area contributed by atoms with Crippen LogP contribution in [0.25, 0.3) is 0 Å². The molecule has 1 spiro atoms. The summed E-state index contributed by atoms with van der Waals surface area (Å²) in [6, 6.07) is 0.706. The van der Waals surface area contributed by atoms with Crippen molar-refractivity contribution in [1.29, 1.82) is 0 Å². The molecule has 116 valence electrons. The second-order valence-corrected chi connectivity index (χ2v) is 7.32. The molecule has 0 aromatic heterocycles. The fourth-order valence-electron chi connectivity index (χ4n) is 4.50. The molecule has 2 heterocycles. The van der Waals surface area contributed by atoms with Crippen LogP contribution in [0.15, 0.2) is 0 Å². The van der Waals surface area contributed by atoms with E-state index in [1.807, 2.05) is 0 Å². The third-order valence-corrected chi connectivity index (χ3v) is 5.99. The SMILES string of the molecule is CCC(C)C1CNCCN1CC1CCC2(CCCC2)O1. The molecule has 0 amide bonds. The average molecular weight is 280 g/mol. The van der Waals surface area contributed by atoms with E-state index in [1.54, 1.807) is 0 Å². The molecule has 1 aliphatic carbocycles. The highest BCUT2D eigenvalue weighted by Crippen LogP contribution is 2.43. The van der Waals surface area contributed by atoms with Crippen molar-refractivity contribution in [3.05, 3.63) is 0 Å². The van der Waals surface area contributed by atoms with E-state index in [2.05, 4.69) is 24.1 Å². The minimum Gasteiger partial charge on any atom is -0.370 e. The van der Waals surface area contributed by atoms with Gasteiger partial charge in [0.1, 0.15) is 0 Å². The normalized spacial score (nSPS) is 35.7. The van der Waals surface area contributed by atoms with Crippen molar-refractivity contribution in [2.45, 2.75) is 76.5 Å². The molecule has 3 fully saturated rings. The second-order valence-electron chi connectivity index (χ2n) is 7.32. The zero-order chi connectivity index (χ0) is 14.0. The van der Waals surface area contributed by atoms with E-state index < -0.39 is 0 Å². The quantitative estimate of drug-likeness (QED) is 0.857. The van der Waals surface area contributed by atoms with Crippen LogP contribution in [0.4, 0.5) is 0 Å². The number of nitrogens with one attached hydrogen (secondary N) is 1. The van der Waals surface area contributed by atoms with Crippen LogP contribution in [-0.2, 0) is 4.74 Å². The van der Waals surface area contributed by atoms with E-state index in [0.717, 1.165) is 19.0 Å². The molecular weight excluding hydrogens is 248 g/mol. The molecule has 3 rings (SSSR count). The van der Waals surface area contributed by atoms with Gasteiger partial charge in [-0.2, -0.15) is 0 Å². The first-order chi connectivity index (χ1) is 9.72. The van der Waals surface area contributed by atoms with Gasteiger partial charge in [0.15, 0.2) is 0 Å². The van der Waals surface area contributed by atoms with Gasteiger partial charge < -0.3 is 10.1 Å². The Morgan fingerprint density at radius 2 is 2.10 bits per heavy atom. The number of rotatable bonds is 4. The van der Waals surface area contributed by atoms with Crippen LogP contribution in [0.2, 0.25) is 0 Å². The molecule has 3 unspecified atom stereocenters. The summed E-state index contributed by atoms with van der Waals surface area (Å²) in [6.07, 6.45) is 9.79. The standard InChI is InChI=1S/C17H32N2O/c1-3-14(2)16-12-18-10-11-19(16)13-15-6-9-17(20-15)7-4-5-8-17/h14-16,18H,3-13H2,1-2H3. The van der Waals surface area contributed by atoms with Crippen molar-refractivity contribution in [3.63, 3.8) is 0 Å². The predicted molar refractivity (Wildman–Crippen MR) is 83.0 cm³/mol. The largest absolute Gasteiger partial charge is 0.370 e. The molecular formula is C17H32N2O. The molecule has 3 atom stereocenters. The van der Waals surface area contributed by atoms with E-state index in [0.29, 0.717) is 17.7 Å². The zero-order valence-electron chi connectivity index (χ0n) is 13.4. The van der Waals surface area contributed by atoms with E-state index in [9.17, 15) is 0 Å². The van der Waals surface area contributed by atoms with Gasteiger partial charge in [0.2, 0.25) is 0 Å². The summed E-state index contributed by atoms with van der Waals surface area (Å²) >= 11 is 0. The number of piperazine rings is 1. The van der Waals surface area contributed by atoms with Gasteiger partial charge in [-0.05, 0) is 31.6 Å². The lowest BCUT2D eigenvalue weighted by Gasteiger charge is -2.40. The maximum absolute atomic E-state index is 6.51. The Hall–Kier alpha value is -0.120. The van der Waals surface area contributed by atoms with Crippen LogP contribution in [0.1, 0.15) is 58.8 Å². The first-order valence-electron chi connectivity index (χ1n) is 8.85. The third kappa shape index (κ3) is 3.05. The molecule has 20 heavy (non-hydrogen) atoms. The summed E-state index contributed by atoms with van der Waals surface area (Å²) in [5.41, 5.74) is 0.296. The number of hydrogen-bond donors (Lipinski definition) is 1. The van der Waals surface area contributed by atoms with Crippen molar-refractivity contribution in [1.82, 2.24) is 10.2 Å². The van der Waals surface area contributed by atoms with Crippen LogP contribution in [0.3, 0.4) is 0 Å². The molecule has 0 aromatic rings. The smallest absolute Gasteiger partial charge is 0.0710 e.